The van der Waals surface area contributed by atoms with Crippen LogP contribution in [-0.2, 0) is 0 Å². The zero-order chi connectivity index (χ0) is 6.69. The maximum atomic E-state index is 5.36. The minimum Gasteiger partial charge on any atom is -0.493 e. The lowest BCUT2D eigenvalue weighted by atomic mass is 10.4. The molecule has 0 unspecified atom stereocenters. The van der Waals surface area contributed by atoms with Crippen molar-refractivity contribution in [3.63, 3.8) is 0 Å². The Morgan fingerprint density at radius 1 is 1.78 bits per heavy atom. The SMILES string of the molecule is COc1cc[c]nc1N. The molecule has 1 aromatic rings. The van der Waals surface area contributed by atoms with Crippen molar-refractivity contribution in [1.29, 1.82) is 0 Å². The molecular formula is C6H7N2O. The molecule has 3 nitrogen and oxygen atoms in total. The fraction of sp³-hybridized carbons (Fsp3) is 0.167. The Kier molecular flexibility index (Phi) is 1.53. The standard InChI is InChI=1S/C6H7N2O/c1-9-5-3-2-4-8-6(5)7/h2-3H,1H3,(H2,7,8). The van der Waals surface area contributed by atoms with Gasteiger partial charge < -0.3 is 10.5 Å². The van der Waals surface area contributed by atoms with Crippen LogP contribution < -0.4 is 10.5 Å². The Hall–Kier alpha value is -1.25. The molecule has 0 fully saturated rings. The van der Waals surface area contributed by atoms with E-state index in [1.54, 1.807) is 19.2 Å². The summed E-state index contributed by atoms with van der Waals surface area (Å²) in [5.74, 6) is 0.966. The summed E-state index contributed by atoms with van der Waals surface area (Å²) in [6.07, 6.45) is 2.58. The molecule has 0 saturated heterocycles. The molecule has 0 aliphatic rings. The van der Waals surface area contributed by atoms with Crippen LogP contribution in [0.5, 0.6) is 5.75 Å². The van der Waals surface area contributed by atoms with E-state index in [9.17, 15) is 0 Å². The molecule has 0 aliphatic heterocycles. The van der Waals surface area contributed by atoms with Crippen LogP contribution in [0.25, 0.3) is 0 Å². The average molecular weight is 123 g/mol. The van der Waals surface area contributed by atoms with E-state index in [0.717, 1.165) is 0 Å². The first-order valence-corrected chi connectivity index (χ1v) is 2.51. The van der Waals surface area contributed by atoms with E-state index < -0.39 is 0 Å². The highest BCUT2D eigenvalue weighted by Crippen LogP contribution is 2.14. The van der Waals surface area contributed by atoms with E-state index in [1.165, 1.54) is 0 Å². The van der Waals surface area contributed by atoms with E-state index in [4.69, 9.17) is 10.5 Å². The van der Waals surface area contributed by atoms with Gasteiger partial charge in [-0.25, -0.2) is 4.98 Å². The molecule has 1 heterocycles. The van der Waals surface area contributed by atoms with E-state index >= 15 is 0 Å². The van der Waals surface area contributed by atoms with Gasteiger partial charge >= 0.3 is 0 Å². The van der Waals surface area contributed by atoms with Crippen LogP contribution in [0.2, 0.25) is 0 Å². The minimum atomic E-state index is 0.375. The quantitative estimate of drug-likeness (QED) is 0.590. The predicted octanol–water partition coefficient (Wildman–Crippen LogP) is 0.473. The highest BCUT2D eigenvalue weighted by molar-refractivity contribution is 5.44. The Morgan fingerprint density at radius 2 is 2.56 bits per heavy atom. The van der Waals surface area contributed by atoms with Gasteiger partial charge in [-0.3, -0.25) is 0 Å². The second kappa shape index (κ2) is 2.35. The summed E-state index contributed by atoms with van der Waals surface area (Å²) in [7, 11) is 1.55. The third-order valence-corrected chi connectivity index (χ3v) is 0.967. The van der Waals surface area contributed by atoms with Gasteiger partial charge in [0, 0.05) is 0 Å². The molecule has 47 valence electrons. The molecule has 0 aromatic carbocycles. The molecule has 2 N–H and O–H groups in total. The van der Waals surface area contributed by atoms with E-state index in [-0.39, 0.29) is 0 Å². The number of ether oxygens (including phenoxy) is 1. The van der Waals surface area contributed by atoms with Gasteiger partial charge in [-0.05, 0) is 12.1 Å². The average Bonchev–Trinajstić information content (AvgIpc) is 1.89. The first kappa shape index (κ1) is 5.88. The summed E-state index contributed by atoms with van der Waals surface area (Å²) in [4.78, 5) is 3.68. The fourth-order valence-electron chi connectivity index (χ4n) is 0.533. The van der Waals surface area contributed by atoms with Gasteiger partial charge in [0.05, 0.1) is 13.3 Å². The summed E-state index contributed by atoms with van der Waals surface area (Å²) < 4.78 is 4.84. The lowest BCUT2D eigenvalue weighted by Crippen LogP contribution is -1.93. The molecule has 0 bridgehead atoms. The van der Waals surface area contributed by atoms with Gasteiger partial charge in [0.25, 0.3) is 0 Å². The van der Waals surface area contributed by atoms with Crippen molar-refractivity contribution >= 4 is 5.82 Å². The van der Waals surface area contributed by atoms with Gasteiger partial charge in [0.1, 0.15) is 0 Å². The Labute approximate surface area is 53.5 Å². The van der Waals surface area contributed by atoms with Crippen LogP contribution in [0.4, 0.5) is 5.82 Å². The minimum absolute atomic E-state index is 0.375. The van der Waals surface area contributed by atoms with Crippen molar-refractivity contribution in [2.75, 3.05) is 12.8 Å². The Balaban J connectivity index is 3.01. The molecule has 0 aliphatic carbocycles. The molecule has 1 rings (SSSR count). The zero-order valence-electron chi connectivity index (χ0n) is 5.09. The molecule has 0 atom stereocenters. The number of pyridine rings is 1. The number of rotatable bonds is 1. The van der Waals surface area contributed by atoms with Crippen molar-refractivity contribution in [1.82, 2.24) is 4.98 Å². The van der Waals surface area contributed by atoms with Crippen LogP contribution in [-0.4, -0.2) is 12.1 Å². The number of hydrogen-bond acceptors (Lipinski definition) is 3. The lowest BCUT2D eigenvalue weighted by molar-refractivity contribution is 0.415. The van der Waals surface area contributed by atoms with E-state index in [0.29, 0.717) is 11.6 Å². The third-order valence-electron chi connectivity index (χ3n) is 0.967. The number of methoxy groups -OCH3 is 1. The number of hydrogen-bond donors (Lipinski definition) is 1. The molecule has 3 heteroatoms. The molecule has 9 heavy (non-hydrogen) atoms. The third kappa shape index (κ3) is 1.10. The zero-order valence-corrected chi connectivity index (χ0v) is 5.09. The lowest BCUT2D eigenvalue weighted by Gasteiger charge is -1.98. The van der Waals surface area contributed by atoms with Crippen LogP contribution in [0.15, 0.2) is 12.1 Å². The van der Waals surface area contributed by atoms with Gasteiger partial charge in [-0.15, -0.1) is 0 Å². The van der Waals surface area contributed by atoms with Crippen LogP contribution >= 0.6 is 0 Å². The summed E-state index contributed by atoms with van der Waals surface area (Å²) in [5.41, 5.74) is 5.36. The van der Waals surface area contributed by atoms with Crippen LogP contribution in [0, 0.1) is 6.20 Å². The van der Waals surface area contributed by atoms with Crippen molar-refractivity contribution in [3.05, 3.63) is 18.3 Å². The van der Waals surface area contributed by atoms with Crippen molar-refractivity contribution in [2.24, 2.45) is 0 Å². The topological polar surface area (TPSA) is 48.1 Å². The second-order valence-corrected chi connectivity index (χ2v) is 1.53. The summed E-state index contributed by atoms with van der Waals surface area (Å²) in [6, 6.07) is 3.36. The fourth-order valence-corrected chi connectivity index (χ4v) is 0.533. The van der Waals surface area contributed by atoms with Gasteiger partial charge in [-0.2, -0.15) is 0 Å². The predicted molar refractivity (Wildman–Crippen MR) is 34.0 cm³/mol. The highest BCUT2D eigenvalue weighted by atomic mass is 16.5. The first-order chi connectivity index (χ1) is 4.34. The highest BCUT2D eigenvalue weighted by Gasteiger charge is 1.94. The largest absolute Gasteiger partial charge is 0.493 e. The summed E-state index contributed by atoms with van der Waals surface area (Å²) >= 11 is 0. The molecular weight excluding hydrogens is 116 g/mol. The van der Waals surface area contributed by atoms with Gasteiger partial charge in [-0.1, -0.05) is 0 Å². The Bertz CT molecular complexity index is 200. The van der Waals surface area contributed by atoms with Gasteiger partial charge in [0.15, 0.2) is 11.6 Å². The summed E-state index contributed by atoms with van der Waals surface area (Å²) in [5, 5.41) is 0. The van der Waals surface area contributed by atoms with Crippen molar-refractivity contribution in [2.45, 2.75) is 0 Å². The van der Waals surface area contributed by atoms with Crippen LogP contribution in [0.3, 0.4) is 0 Å². The number of nitrogens with two attached hydrogens (primary N) is 1. The van der Waals surface area contributed by atoms with E-state index in [2.05, 4.69) is 11.2 Å². The number of anilines is 1. The maximum Gasteiger partial charge on any atom is 0.166 e. The molecule has 1 radical (unpaired) electrons. The van der Waals surface area contributed by atoms with Crippen molar-refractivity contribution < 1.29 is 4.74 Å². The molecule has 0 saturated carbocycles. The maximum absolute atomic E-state index is 5.36. The molecule has 0 amide bonds. The number of nitrogens with zero attached hydrogens (tertiary/aromatic N) is 1. The smallest absolute Gasteiger partial charge is 0.166 e. The molecule has 1 aromatic heterocycles. The first-order valence-electron chi connectivity index (χ1n) is 2.51. The number of nitrogen functional groups attached to an aromatic ring is 1. The van der Waals surface area contributed by atoms with Crippen molar-refractivity contribution in [3.8, 4) is 5.75 Å². The molecule has 0 spiro atoms. The number of aromatic nitrogens is 1. The normalized spacial score (nSPS) is 9.00. The van der Waals surface area contributed by atoms with Gasteiger partial charge in [0.2, 0.25) is 0 Å². The Morgan fingerprint density at radius 3 is 3.00 bits per heavy atom. The second-order valence-electron chi connectivity index (χ2n) is 1.53. The van der Waals surface area contributed by atoms with E-state index in [1.807, 2.05) is 0 Å². The van der Waals surface area contributed by atoms with Crippen LogP contribution in [0.1, 0.15) is 0 Å². The monoisotopic (exact) mass is 123 g/mol. The summed E-state index contributed by atoms with van der Waals surface area (Å²) in [6.45, 7) is 0.